The number of hydrogen-bond donors (Lipinski definition) is 2. The van der Waals surface area contributed by atoms with Gasteiger partial charge in [-0.3, -0.25) is 19.3 Å². The molecule has 6 nitrogen and oxygen atoms in total. The molecule has 3 radical (unpaired) electrons. The highest BCUT2D eigenvalue weighted by Gasteiger charge is 2.39. The number of carbonyl (C=O) groups is 3. The van der Waals surface area contributed by atoms with E-state index in [1.54, 1.807) is 36.4 Å². The molecule has 149 valence electrons. The van der Waals surface area contributed by atoms with Gasteiger partial charge in [-0.1, -0.05) is 30.3 Å². The van der Waals surface area contributed by atoms with Crippen LogP contribution in [0.5, 0.6) is 0 Å². The number of benzene rings is 3. The third-order valence-electron chi connectivity index (χ3n) is 5.01. The lowest BCUT2D eigenvalue weighted by molar-refractivity contribution is -0.121. The normalized spacial score (nSPS) is 15.6. The van der Waals surface area contributed by atoms with E-state index in [2.05, 4.69) is 10.6 Å². The molecule has 1 unspecified atom stereocenters. The maximum atomic E-state index is 12.9. The van der Waals surface area contributed by atoms with Crippen LogP contribution in [0.15, 0.2) is 78.9 Å². The van der Waals surface area contributed by atoms with Crippen molar-refractivity contribution in [2.24, 2.45) is 0 Å². The molecular weight excluding hydrogens is 388 g/mol. The Labute approximate surface area is 182 Å². The fraction of sp³-hybridized carbons (Fsp3) is 0.0870. The summed E-state index contributed by atoms with van der Waals surface area (Å²) < 4.78 is 0. The minimum atomic E-state index is -0.673. The van der Waals surface area contributed by atoms with Gasteiger partial charge in [-0.2, -0.15) is 0 Å². The SMILES string of the molecule is [B][B]C1CC(=O)N(c2ccccc2C(=O)Nc2ccc(Nc3ccccc3)cc2)C1=O. The van der Waals surface area contributed by atoms with Gasteiger partial charge in [0.05, 0.1) is 18.4 Å². The van der Waals surface area contributed by atoms with Crippen LogP contribution in [0.1, 0.15) is 16.8 Å². The number of imide groups is 1. The monoisotopic (exact) mass is 406 g/mol. The molecule has 1 heterocycles. The van der Waals surface area contributed by atoms with Crippen LogP contribution in [-0.4, -0.2) is 32.6 Å². The molecule has 0 saturated carbocycles. The van der Waals surface area contributed by atoms with Crippen molar-refractivity contribution in [1.29, 1.82) is 0 Å². The quantitative estimate of drug-likeness (QED) is 0.485. The average molecular weight is 406 g/mol. The van der Waals surface area contributed by atoms with Crippen molar-refractivity contribution in [3.8, 4) is 0 Å². The molecular formula is C23H18B2N3O3. The highest BCUT2D eigenvalue weighted by molar-refractivity contribution is 6.92. The second-order valence-corrected chi connectivity index (χ2v) is 7.11. The molecule has 8 heteroatoms. The van der Waals surface area contributed by atoms with Crippen LogP contribution in [0.4, 0.5) is 22.7 Å². The zero-order valence-corrected chi connectivity index (χ0v) is 16.6. The van der Waals surface area contributed by atoms with Crippen LogP contribution in [0.25, 0.3) is 0 Å². The molecule has 1 fully saturated rings. The molecule has 31 heavy (non-hydrogen) atoms. The minimum Gasteiger partial charge on any atom is -0.356 e. The Morgan fingerprint density at radius 1 is 0.871 bits per heavy atom. The van der Waals surface area contributed by atoms with E-state index in [-0.39, 0.29) is 23.6 Å². The fourth-order valence-corrected chi connectivity index (χ4v) is 3.44. The highest BCUT2D eigenvalue weighted by Crippen LogP contribution is 2.32. The van der Waals surface area contributed by atoms with Crippen molar-refractivity contribution in [1.82, 2.24) is 0 Å². The van der Waals surface area contributed by atoms with Crippen LogP contribution >= 0.6 is 0 Å². The molecule has 0 bridgehead atoms. The van der Waals surface area contributed by atoms with Crippen LogP contribution in [0, 0.1) is 0 Å². The first-order valence-electron chi connectivity index (χ1n) is 9.81. The lowest BCUT2D eigenvalue weighted by Gasteiger charge is -2.18. The van der Waals surface area contributed by atoms with Crippen molar-refractivity contribution in [3.63, 3.8) is 0 Å². The summed E-state index contributed by atoms with van der Waals surface area (Å²) in [7, 11) is 6.69. The van der Waals surface area contributed by atoms with Crippen LogP contribution in [0.2, 0.25) is 5.82 Å². The van der Waals surface area contributed by atoms with E-state index in [0.29, 0.717) is 5.69 Å². The van der Waals surface area contributed by atoms with Crippen molar-refractivity contribution in [3.05, 3.63) is 84.4 Å². The zero-order valence-electron chi connectivity index (χ0n) is 16.6. The van der Waals surface area contributed by atoms with Crippen molar-refractivity contribution in [2.75, 3.05) is 15.5 Å². The van der Waals surface area contributed by atoms with Gasteiger partial charge in [-0.15, -0.1) is 0 Å². The number of para-hydroxylation sites is 2. The van der Waals surface area contributed by atoms with E-state index in [9.17, 15) is 14.4 Å². The number of anilines is 4. The Balaban J connectivity index is 1.51. The average Bonchev–Trinajstić information content (AvgIpc) is 3.08. The van der Waals surface area contributed by atoms with Crippen LogP contribution in [0.3, 0.4) is 0 Å². The summed E-state index contributed by atoms with van der Waals surface area (Å²) in [6, 6.07) is 23.5. The van der Waals surface area contributed by atoms with Crippen LogP contribution < -0.4 is 15.5 Å². The van der Waals surface area contributed by atoms with E-state index >= 15 is 0 Å². The van der Waals surface area contributed by atoms with Crippen molar-refractivity contribution >= 4 is 55.4 Å². The number of nitrogens with zero attached hydrogens (tertiary/aromatic N) is 1. The maximum absolute atomic E-state index is 12.9. The van der Waals surface area contributed by atoms with E-state index in [1.165, 1.54) is 7.17 Å². The van der Waals surface area contributed by atoms with Gasteiger partial charge in [-0.05, 0) is 48.5 Å². The summed E-state index contributed by atoms with van der Waals surface area (Å²) in [5.74, 6) is -1.90. The van der Waals surface area contributed by atoms with E-state index < -0.39 is 17.6 Å². The lowest BCUT2D eigenvalue weighted by atomic mass is 9.47. The topological polar surface area (TPSA) is 78.5 Å². The zero-order chi connectivity index (χ0) is 21.8. The Morgan fingerprint density at radius 3 is 2.16 bits per heavy atom. The molecule has 1 atom stereocenters. The van der Waals surface area contributed by atoms with Crippen molar-refractivity contribution in [2.45, 2.75) is 12.2 Å². The number of nitrogens with one attached hydrogen (secondary N) is 2. The van der Waals surface area contributed by atoms with Gasteiger partial charge < -0.3 is 10.6 Å². The largest absolute Gasteiger partial charge is 0.356 e. The Bertz CT molecular complexity index is 1120. The molecule has 3 aromatic rings. The molecule has 0 aliphatic carbocycles. The van der Waals surface area contributed by atoms with Gasteiger partial charge in [0, 0.05) is 37.0 Å². The molecule has 1 saturated heterocycles. The second kappa shape index (κ2) is 8.92. The Hall–Kier alpha value is -3.80. The first-order chi connectivity index (χ1) is 15.1. The summed E-state index contributed by atoms with van der Waals surface area (Å²) >= 11 is 0. The van der Waals surface area contributed by atoms with Gasteiger partial charge in [0.1, 0.15) is 0 Å². The van der Waals surface area contributed by atoms with Gasteiger partial charge in [0.2, 0.25) is 11.8 Å². The van der Waals surface area contributed by atoms with Gasteiger partial charge in [0.15, 0.2) is 0 Å². The predicted octanol–water partition coefficient (Wildman–Crippen LogP) is 3.52. The number of carbonyl (C=O) groups excluding carboxylic acids is 3. The Kier molecular flexibility index (Phi) is 5.89. The van der Waals surface area contributed by atoms with E-state index in [1.807, 2.05) is 42.5 Å². The van der Waals surface area contributed by atoms with Crippen molar-refractivity contribution < 1.29 is 14.4 Å². The predicted molar refractivity (Wildman–Crippen MR) is 123 cm³/mol. The van der Waals surface area contributed by atoms with Gasteiger partial charge in [0.25, 0.3) is 5.91 Å². The third kappa shape index (κ3) is 4.38. The minimum absolute atomic E-state index is 0.00115. The summed E-state index contributed by atoms with van der Waals surface area (Å²) in [6.07, 6.45) is 0.00115. The number of rotatable bonds is 6. The first kappa shape index (κ1) is 20.5. The summed E-state index contributed by atoms with van der Waals surface area (Å²) in [5.41, 5.74) is 2.91. The second-order valence-electron chi connectivity index (χ2n) is 7.11. The number of hydrogen-bond acceptors (Lipinski definition) is 4. The molecule has 0 aromatic heterocycles. The van der Waals surface area contributed by atoms with E-state index in [0.717, 1.165) is 16.3 Å². The molecule has 2 N–H and O–H groups in total. The van der Waals surface area contributed by atoms with Crippen LogP contribution in [-0.2, 0) is 9.59 Å². The van der Waals surface area contributed by atoms with Gasteiger partial charge >= 0.3 is 0 Å². The molecule has 0 spiro atoms. The van der Waals surface area contributed by atoms with Gasteiger partial charge in [-0.25, -0.2) is 0 Å². The lowest BCUT2D eigenvalue weighted by Crippen LogP contribution is -2.32. The first-order valence-corrected chi connectivity index (χ1v) is 9.81. The standard InChI is InChI=1S/C23H18B2N3O3/c24-25-19-14-21(29)28(23(19)31)20-9-5-4-8-18(20)22(30)27-17-12-10-16(11-13-17)26-15-6-2-1-3-7-15/h1-13,19,26H,14H2,(H,27,30). The fourth-order valence-electron chi connectivity index (χ4n) is 3.44. The maximum Gasteiger partial charge on any atom is 0.257 e. The molecule has 4 rings (SSSR count). The van der Waals surface area contributed by atoms with E-state index in [4.69, 9.17) is 7.74 Å². The third-order valence-corrected chi connectivity index (χ3v) is 5.01. The summed E-state index contributed by atoms with van der Waals surface area (Å²) in [5, 5.41) is 6.09. The Morgan fingerprint density at radius 2 is 1.48 bits per heavy atom. The summed E-state index contributed by atoms with van der Waals surface area (Å²) in [6.45, 7) is 0. The molecule has 1 aliphatic heterocycles. The smallest absolute Gasteiger partial charge is 0.257 e. The summed E-state index contributed by atoms with van der Waals surface area (Å²) in [4.78, 5) is 38.9. The molecule has 3 amide bonds. The molecule has 3 aromatic carbocycles. The highest BCUT2D eigenvalue weighted by atomic mass is 16.2. The number of amides is 3. The molecule has 1 aliphatic rings.